The number of sulfonamides is 1. The van der Waals surface area contributed by atoms with E-state index < -0.39 is 10.0 Å². The molecule has 6 nitrogen and oxygen atoms in total. The predicted molar refractivity (Wildman–Crippen MR) is 94.5 cm³/mol. The molecule has 0 saturated carbocycles. The van der Waals surface area contributed by atoms with Gasteiger partial charge in [-0.05, 0) is 34.5 Å². The molecule has 24 heavy (non-hydrogen) atoms. The average Bonchev–Trinajstić information content (AvgIpc) is 3.25. The minimum atomic E-state index is -3.18. The second-order valence-corrected chi connectivity index (χ2v) is 8.71. The Morgan fingerprint density at radius 3 is 2.42 bits per heavy atom. The Balaban J connectivity index is 1.67. The summed E-state index contributed by atoms with van der Waals surface area (Å²) in [6.45, 7) is 1.65. The molecule has 1 aliphatic heterocycles. The van der Waals surface area contributed by atoms with Crippen LogP contribution in [0.1, 0.15) is 18.0 Å². The zero-order valence-corrected chi connectivity index (χ0v) is 15.2. The number of aromatic nitrogens is 1. The van der Waals surface area contributed by atoms with Crippen LogP contribution in [0.2, 0.25) is 0 Å². The van der Waals surface area contributed by atoms with E-state index in [9.17, 15) is 13.2 Å². The molecule has 2 aromatic heterocycles. The lowest BCUT2D eigenvalue weighted by atomic mass is 10.1. The summed E-state index contributed by atoms with van der Waals surface area (Å²) in [5, 5.41) is 4.08. The fourth-order valence-corrected chi connectivity index (χ4v) is 4.51. The van der Waals surface area contributed by atoms with Gasteiger partial charge in [0.1, 0.15) is 0 Å². The summed E-state index contributed by atoms with van der Waals surface area (Å²) in [5.41, 5.74) is 1.12. The van der Waals surface area contributed by atoms with Crippen LogP contribution in [0.5, 0.6) is 0 Å². The highest BCUT2D eigenvalue weighted by Gasteiger charge is 2.28. The lowest BCUT2D eigenvalue weighted by Crippen LogP contribution is -2.50. The van der Waals surface area contributed by atoms with E-state index in [4.69, 9.17) is 0 Å². The number of hydrogen-bond acceptors (Lipinski definition) is 4. The molecule has 0 radical (unpaired) electrons. The van der Waals surface area contributed by atoms with Gasteiger partial charge >= 0.3 is 0 Å². The monoisotopic (exact) mass is 367 g/mol. The van der Waals surface area contributed by atoms with E-state index in [-0.39, 0.29) is 11.9 Å². The van der Waals surface area contributed by atoms with Crippen LogP contribution in [0.25, 0.3) is 0 Å². The quantitative estimate of drug-likeness (QED) is 0.807. The van der Waals surface area contributed by atoms with Crippen LogP contribution in [0.4, 0.5) is 0 Å². The Morgan fingerprint density at radius 2 is 1.88 bits per heavy atom. The van der Waals surface area contributed by atoms with Crippen molar-refractivity contribution in [3.63, 3.8) is 0 Å². The number of hydrogen-bond donors (Lipinski definition) is 0. The molecule has 1 fully saturated rings. The van der Waals surface area contributed by atoms with E-state index in [0.717, 1.165) is 5.56 Å². The summed E-state index contributed by atoms with van der Waals surface area (Å²) in [4.78, 5) is 14.5. The SMILES string of the molecule is CS(=O)(=O)N1CCN(C(=O)CC(c2ccsc2)n2cccc2)CC1. The smallest absolute Gasteiger partial charge is 0.225 e. The summed E-state index contributed by atoms with van der Waals surface area (Å²) >= 11 is 1.62. The lowest BCUT2D eigenvalue weighted by Gasteiger charge is -2.34. The predicted octanol–water partition coefficient (Wildman–Crippen LogP) is 1.63. The van der Waals surface area contributed by atoms with Crippen molar-refractivity contribution < 1.29 is 13.2 Å². The Kier molecular flexibility index (Phi) is 5.07. The van der Waals surface area contributed by atoms with Crippen molar-refractivity contribution in [3.8, 4) is 0 Å². The van der Waals surface area contributed by atoms with Crippen LogP contribution in [0.3, 0.4) is 0 Å². The van der Waals surface area contributed by atoms with Crippen LogP contribution < -0.4 is 0 Å². The number of carbonyl (C=O) groups is 1. The van der Waals surface area contributed by atoms with Gasteiger partial charge in [-0.3, -0.25) is 4.79 Å². The van der Waals surface area contributed by atoms with E-state index >= 15 is 0 Å². The van der Waals surface area contributed by atoms with Gasteiger partial charge in [0.05, 0.1) is 18.7 Å². The van der Waals surface area contributed by atoms with E-state index in [1.165, 1.54) is 10.6 Å². The third kappa shape index (κ3) is 3.88. The average molecular weight is 367 g/mol. The molecule has 0 bridgehead atoms. The highest BCUT2D eigenvalue weighted by atomic mass is 32.2. The highest BCUT2D eigenvalue weighted by Crippen LogP contribution is 2.25. The molecule has 1 amide bonds. The van der Waals surface area contributed by atoms with Crippen LogP contribution in [-0.2, 0) is 14.8 Å². The van der Waals surface area contributed by atoms with Crippen molar-refractivity contribution in [1.82, 2.24) is 13.8 Å². The Morgan fingerprint density at radius 1 is 1.21 bits per heavy atom. The molecule has 0 spiro atoms. The van der Waals surface area contributed by atoms with Gasteiger partial charge in [-0.1, -0.05) is 0 Å². The van der Waals surface area contributed by atoms with E-state index in [1.807, 2.05) is 40.5 Å². The maximum atomic E-state index is 12.7. The van der Waals surface area contributed by atoms with Crippen LogP contribution >= 0.6 is 11.3 Å². The van der Waals surface area contributed by atoms with E-state index in [1.54, 1.807) is 16.2 Å². The van der Waals surface area contributed by atoms with Crippen molar-refractivity contribution in [1.29, 1.82) is 0 Å². The maximum Gasteiger partial charge on any atom is 0.225 e. The molecule has 3 heterocycles. The first-order valence-electron chi connectivity index (χ1n) is 7.82. The molecule has 1 saturated heterocycles. The fourth-order valence-electron chi connectivity index (χ4n) is 2.98. The molecule has 1 atom stereocenters. The molecular formula is C16H21N3O3S2. The van der Waals surface area contributed by atoms with E-state index in [0.29, 0.717) is 32.6 Å². The molecular weight excluding hydrogens is 346 g/mol. The van der Waals surface area contributed by atoms with Gasteiger partial charge < -0.3 is 9.47 Å². The minimum Gasteiger partial charge on any atom is -0.346 e. The Hall–Kier alpha value is -1.64. The number of carbonyl (C=O) groups excluding carboxylic acids is 1. The number of amides is 1. The van der Waals surface area contributed by atoms with Crippen molar-refractivity contribution in [2.75, 3.05) is 32.4 Å². The molecule has 0 N–H and O–H groups in total. The summed E-state index contributed by atoms with van der Waals surface area (Å²) in [6.07, 6.45) is 5.53. The summed E-state index contributed by atoms with van der Waals surface area (Å²) in [5.74, 6) is 0.0630. The lowest BCUT2D eigenvalue weighted by molar-refractivity contribution is -0.133. The molecule has 0 aromatic carbocycles. The first kappa shape index (κ1) is 17.2. The summed E-state index contributed by atoms with van der Waals surface area (Å²) < 4.78 is 26.6. The summed E-state index contributed by atoms with van der Waals surface area (Å²) in [7, 11) is -3.18. The van der Waals surface area contributed by atoms with Gasteiger partial charge in [0.15, 0.2) is 0 Å². The number of rotatable bonds is 5. The molecule has 2 aromatic rings. The topological polar surface area (TPSA) is 62.6 Å². The molecule has 0 aliphatic carbocycles. The Labute approximate surface area is 146 Å². The van der Waals surface area contributed by atoms with Crippen molar-refractivity contribution in [3.05, 3.63) is 46.9 Å². The fraction of sp³-hybridized carbons (Fsp3) is 0.438. The van der Waals surface area contributed by atoms with Gasteiger partial charge in [0.25, 0.3) is 0 Å². The zero-order chi connectivity index (χ0) is 17.2. The first-order valence-corrected chi connectivity index (χ1v) is 10.6. The first-order chi connectivity index (χ1) is 11.4. The largest absolute Gasteiger partial charge is 0.346 e. The normalized spacial score (nSPS) is 17.8. The Bertz CT molecular complexity index is 727. The zero-order valence-electron chi connectivity index (χ0n) is 13.5. The summed E-state index contributed by atoms with van der Waals surface area (Å²) in [6, 6.07) is 5.93. The van der Waals surface area contributed by atoms with Crippen LogP contribution in [0, 0.1) is 0 Å². The van der Waals surface area contributed by atoms with Gasteiger partial charge in [-0.25, -0.2) is 8.42 Å². The van der Waals surface area contributed by atoms with Crippen molar-refractivity contribution in [2.45, 2.75) is 12.5 Å². The molecule has 130 valence electrons. The number of thiophene rings is 1. The van der Waals surface area contributed by atoms with Gasteiger partial charge in [-0.2, -0.15) is 15.6 Å². The second kappa shape index (κ2) is 7.08. The van der Waals surface area contributed by atoms with Gasteiger partial charge in [0, 0.05) is 38.6 Å². The second-order valence-electron chi connectivity index (χ2n) is 5.95. The van der Waals surface area contributed by atoms with Crippen molar-refractivity contribution in [2.24, 2.45) is 0 Å². The minimum absolute atomic E-state index is 0.0216. The number of piperazine rings is 1. The van der Waals surface area contributed by atoms with Gasteiger partial charge in [0.2, 0.25) is 15.9 Å². The third-order valence-corrected chi connectivity index (χ3v) is 6.35. The number of nitrogens with zero attached hydrogens (tertiary/aromatic N) is 3. The van der Waals surface area contributed by atoms with Gasteiger partial charge in [-0.15, -0.1) is 0 Å². The van der Waals surface area contributed by atoms with Crippen LogP contribution in [0.15, 0.2) is 41.4 Å². The maximum absolute atomic E-state index is 12.7. The molecule has 3 rings (SSSR count). The highest BCUT2D eigenvalue weighted by molar-refractivity contribution is 7.88. The standard InChI is InChI=1S/C16H21N3O3S2/c1-24(21,22)19-9-7-18(8-10-19)16(20)12-15(14-4-11-23-13-14)17-5-2-3-6-17/h2-6,11,13,15H,7-10,12H2,1H3. The molecule has 1 aliphatic rings. The molecule has 8 heteroatoms. The van der Waals surface area contributed by atoms with Crippen LogP contribution in [-0.4, -0.2) is 60.5 Å². The van der Waals surface area contributed by atoms with Crippen molar-refractivity contribution >= 4 is 27.3 Å². The van der Waals surface area contributed by atoms with E-state index in [2.05, 4.69) is 5.38 Å². The molecule has 1 unspecified atom stereocenters. The third-order valence-electron chi connectivity index (χ3n) is 4.34.